The van der Waals surface area contributed by atoms with E-state index in [-0.39, 0.29) is 16.2 Å². The fourth-order valence-electron chi connectivity index (χ4n) is 4.14. The fourth-order valence-corrected chi connectivity index (χ4v) is 4.80. The van der Waals surface area contributed by atoms with E-state index < -0.39 is 11.8 Å². The lowest BCUT2D eigenvalue weighted by Crippen LogP contribution is -2.54. The molecular formula is C25H24BrN3O2S. The monoisotopic (exact) mass is 509 g/mol. The lowest BCUT2D eigenvalue weighted by atomic mass is 9.87. The van der Waals surface area contributed by atoms with Gasteiger partial charge in [0.15, 0.2) is 5.11 Å². The van der Waals surface area contributed by atoms with Crippen molar-refractivity contribution in [3.8, 4) is 0 Å². The van der Waals surface area contributed by atoms with Crippen molar-refractivity contribution in [1.29, 1.82) is 0 Å². The van der Waals surface area contributed by atoms with Crippen molar-refractivity contribution in [2.75, 3.05) is 16.8 Å². The first kappa shape index (κ1) is 22.4. The highest BCUT2D eigenvalue weighted by Crippen LogP contribution is 2.39. The second-order valence-corrected chi connectivity index (χ2v) is 10.0. The summed E-state index contributed by atoms with van der Waals surface area (Å²) in [4.78, 5) is 29.7. The smallest absolute Gasteiger partial charge is 0.270 e. The molecule has 2 heterocycles. The minimum atomic E-state index is -0.492. The van der Waals surface area contributed by atoms with Gasteiger partial charge >= 0.3 is 0 Å². The van der Waals surface area contributed by atoms with Gasteiger partial charge in [0.2, 0.25) is 0 Å². The van der Waals surface area contributed by atoms with Crippen LogP contribution in [0.25, 0.3) is 11.6 Å². The molecule has 2 aromatic rings. The second kappa shape index (κ2) is 7.98. The van der Waals surface area contributed by atoms with Gasteiger partial charge < -0.3 is 4.90 Å². The highest BCUT2D eigenvalue weighted by Gasteiger charge is 2.35. The third kappa shape index (κ3) is 3.80. The molecule has 164 valence electrons. The first-order valence-electron chi connectivity index (χ1n) is 10.2. The molecule has 0 aromatic heterocycles. The molecule has 1 fully saturated rings. The SMILES string of the molecule is CC1=CC(C)(C)N(C)c2cc(C)c(/C=C3\C(=O)NC(=S)N(c4cccc(Br)c4)C3=O)cc21. The molecular weight excluding hydrogens is 486 g/mol. The van der Waals surface area contributed by atoms with Crippen LogP contribution in [0.5, 0.6) is 0 Å². The molecule has 0 saturated carbocycles. The maximum atomic E-state index is 13.3. The van der Waals surface area contributed by atoms with Gasteiger partial charge in [-0.1, -0.05) is 28.1 Å². The summed E-state index contributed by atoms with van der Waals surface area (Å²) in [6.45, 7) is 8.43. The number of rotatable bonds is 2. The van der Waals surface area contributed by atoms with Crippen molar-refractivity contribution < 1.29 is 9.59 Å². The van der Waals surface area contributed by atoms with Crippen molar-refractivity contribution in [2.24, 2.45) is 0 Å². The van der Waals surface area contributed by atoms with Gasteiger partial charge in [0.05, 0.1) is 11.2 Å². The number of likely N-dealkylation sites (N-methyl/N-ethyl adjacent to an activating group) is 1. The Balaban J connectivity index is 1.80. The molecule has 2 aliphatic heterocycles. The molecule has 7 heteroatoms. The fraction of sp³-hybridized carbons (Fsp3) is 0.240. The van der Waals surface area contributed by atoms with Crippen molar-refractivity contribution in [3.05, 3.63) is 69.2 Å². The number of amides is 2. The van der Waals surface area contributed by atoms with Crippen LogP contribution in [-0.2, 0) is 9.59 Å². The maximum absolute atomic E-state index is 13.3. The zero-order valence-electron chi connectivity index (χ0n) is 18.6. The van der Waals surface area contributed by atoms with Crippen LogP contribution in [0.1, 0.15) is 37.5 Å². The Labute approximate surface area is 201 Å². The summed E-state index contributed by atoms with van der Waals surface area (Å²) in [5.41, 5.74) is 5.74. The van der Waals surface area contributed by atoms with Crippen LogP contribution in [0, 0.1) is 6.92 Å². The van der Waals surface area contributed by atoms with Gasteiger partial charge in [-0.05, 0) is 93.0 Å². The van der Waals surface area contributed by atoms with E-state index in [4.69, 9.17) is 12.2 Å². The number of anilines is 2. The van der Waals surface area contributed by atoms with E-state index >= 15 is 0 Å². The minimum absolute atomic E-state index is 0.0488. The normalized spacial score (nSPS) is 19.1. The van der Waals surface area contributed by atoms with Gasteiger partial charge in [0.25, 0.3) is 11.8 Å². The van der Waals surface area contributed by atoms with E-state index in [0.717, 1.165) is 26.9 Å². The lowest BCUT2D eigenvalue weighted by molar-refractivity contribution is -0.122. The number of hydrogen-bond acceptors (Lipinski definition) is 4. The van der Waals surface area contributed by atoms with Crippen LogP contribution < -0.4 is 15.1 Å². The Morgan fingerprint density at radius 1 is 1.12 bits per heavy atom. The number of carbonyl (C=O) groups is 2. The number of hydrogen-bond donors (Lipinski definition) is 1. The molecule has 0 bridgehead atoms. The summed E-state index contributed by atoms with van der Waals surface area (Å²) in [7, 11) is 2.08. The number of thiocarbonyl (C=S) groups is 1. The molecule has 2 amide bonds. The standard InChI is InChI=1S/C25H24BrN3O2S/c1-14-9-21-19(15(2)13-25(3,4)28(21)5)10-16(14)11-20-22(30)27-24(32)29(23(20)31)18-8-6-7-17(26)12-18/h6-13H,1-5H3,(H,27,30,32)/b20-11+. The Bertz CT molecular complexity index is 1250. The van der Waals surface area contributed by atoms with Crippen molar-refractivity contribution in [3.63, 3.8) is 0 Å². The quantitative estimate of drug-likeness (QED) is 0.342. The van der Waals surface area contributed by atoms with E-state index in [1.807, 2.05) is 25.1 Å². The third-order valence-corrected chi connectivity index (χ3v) is 6.85. The zero-order chi connectivity index (χ0) is 23.4. The molecule has 0 unspecified atom stereocenters. The summed E-state index contributed by atoms with van der Waals surface area (Å²) in [5.74, 6) is -0.937. The van der Waals surface area contributed by atoms with E-state index in [9.17, 15) is 9.59 Å². The summed E-state index contributed by atoms with van der Waals surface area (Å²) in [6, 6.07) is 11.4. The first-order valence-corrected chi connectivity index (χ1v) is 11.4. The number of benzene rings is 2. The Morgan fingerprint density at radius 2 is 1.84 bits per heavy atom. The summed E-state index contributed by atoms with van der Waals surface area (Å²) < 4.78 is 0.813. The molecule has 0 aliphatic carbocycles. The predicted molar refractivity (Wildman–Crippen MR) is 138 cm³/mol. The van der Waals surface area contributed by atoms with Crippen LogP contribution in [0.4, 0.5) is 11.4 Å². The van der Waals surface area contributed by atoms with E-state index in [0.29, 0.717) is 5.69 Å². The third-order valence-electron chi connectivity index (χ3n) is 6.07. The van der Waals surface area contributed by atoms with Gasteiger partial charge in [0.1, 0.15) is 5.57 Å². The highest BCUT2D eigenvalue weighted by molar-refractivity contribution is 9.10. The van der Waals surface area contributed by atoms with Gasteiger partial charge in [-0.3, -0.25) is 19.8 Å². The average molecular weight is 510 g/mol. The largest absolute Gasteiger partial charge is 0.365 e. The zero-order valence-corrected chi connectivity index (χ0v) is 21.0. The average Bonchev–Trinajstić information content (AvgIpc) is 2.69. The van der Waals surface area contributed by atoms with Gasteiger partial charge in [0, 0.05) is 22.8 Å². The molecule has 32 heavy (non-hydrogen) atoms. The molecule has 2 aliphatic rings. The molecule has 0 atom stereocenters. The predicted octanol–water partition coefficient (Wildman–Crippen LogP) is 5.22. The number of nitrogens with zero attached hydrogens (tertiary/aromatic N) is 2. The van der Waals surface area contributed by atoms with E-state index in [2.05, 4.69) is 66.1 Å². The molecule has 1 saturated heterocycles. The molecule has 2 aromatic carbocycles. The van der Waals surface area contributed by atoms with Gasteiger partial charge in [-0.25, -0.2) is 0 Å². The molecule has 0 spiro atoms. The van der Waals surface area contributed by atoms with E-state index in [1.54, 1.807) is 18.2 Å². The summed E-state index contributed by atoms with van der Waals surface area (Å²) >= 11 is 8.72. The lowest BCUT2D eigenvalue weighted by Gasteiger charge is -2.41. The Hall–Kier alpha value is -2.77. The van der Waals surface area contributed by atoms with Crippen LogP contribution in [-0.4, -0.2) is 29.5 Å². The second-order valence-electron chi connectivity index (χ2n) is 8.70. The van der Waals surface area contributed by atoms with Crippen LogP contribution in [0.3, 0.4) is 0 Å². The number of nitrogens with one attached hydrogen (secondary N) is 1. The maximum Gasteiger partial charge on any atom is 0.270 e. The summed E-state index contributed by atoms with van der Waals surface area (Å²) in [6.07, 6.45) is 3.89. The molecule has 5 nitrogen and oxygen atoms in total. The van der Waals surface area contributed by atoms with E-state index in [1.165, 1.54) is 10.5 Å². The number of allylic oxidation sites excluding steroid dienone is 1. The van der Waals surface area contributed by atoms with Gasteiger partial charge in [-0.2, -0.15) is 0 Å². The number of carbonyl (C=O) groups excluding carboxylic acids is 2. The Morgan fingerprint density at radius 3 is 2.53 bits per heavy atom. The van der Waals surface area contributed by atoms with Gasteiger partial charge in [-0.15, -0.1) is 0 Å². The van der Waals surface area contributed by atoms with Crippen LogP contribution >= 0.6 is 28.1 Å². The Kier molecular flexibility index (Phi) is 5.59. The molecule has 0 radical (unpaired) electrons. The number of halogens is 1. The molecule has 4 rings (SSSR count). The number of aryl methyl sites for hydroxylation is 1. The minimum Gasteiger partial charge on any atom is -0.365 e. The molecule has 1 N–H and O–H groups in total. The van der Waals surface area contributed by atoms with Crippen molar-refractivity contribution in [2.45, 2.75) is 33.2 Å². The van der Waals surface area contributed by atoms with Crippen LogP contribution in [0.2, 0.25) is 0 Å². The number of fused-ring (bicyclic) bond motifs is 1. The van der Waals surface area contributed by atoms with Crippen molar-refractivity contribution in [1.82, 2.24) is 5.32 Å². The van der Waals surface area contributed by atoms with Crippen LogP contribution in [0.15, 0.2) is 52.5 Å². The topological polar surface area (TPSA) is 52.7 Å². The summed E-state index contributed by atoms with van der Waals surface area (Å²) in [5, 5.41) is 2.72. The van der Waals surface area contributed by atoms with Crippen molar-refractivity contribution >= 4 is 68.1 Å². The first-order chi connectivity index (χ1) is 15.0. The highest BCUT2D eigenvalue weighted by atomic mass is 79.9.